The zero-order valence-corrected chi connectivity index (χ0v) is 15.6. The van der Waals surface area contributed by atoms with Crippen molar-refractivity contribution in [3.8, 4) is 11.8 Å². The number of aromatic nitrogens is 3. The summed E-state index contributed by atoms with van der Waals surface area (Å²) in [6.45, 7) is 5.75. The Balaban J connectivity index is 1.66. The van der Waals surface area contributed by atoms with E-state index in [2.05, 4.69) is 31.7 Å². The predicted molar refractivity (Wildman–Crippen MR) is 104 cm³/mol. The van der Waals surface area contributed by atoms with E-state index >= 15 is 0 Å². The van der Waals surface area contributed by atoms with Gasteiger partial charge in [-0.05, 0) is 31.9 Å². The summed E-state index contributed by atoms with van der Waals surface area (Å²) < 4.78 is 11.5. The van der Waals surface area contributed by atoms with Crippen molar-refractivity contribution >= 4 is 17.0 Å². The number of benzene rings is 1. The third-order valence-corrected chi connectivity index (χ3v) is 4.48. The summed E-state index contributed by atoms with van der Waals surface area (Å²) in [6.07, 6.45) is 2.32. The van der Waals surface area contributed by atoms with Crippen LogP contribution in [0.25, 0.3) is 11.2 Å². The van der Waals surface area contributed by atoms with Gasteiger partial charge in [0, 0.05) is 25.6 Å². The molecule has 1 unspecified atom stereocenters. The smallest absolute Gasteiger partial charge is 0.252 e. The molecule has 1 saturated heterocycles. The highest BCUT2D eigenvalue weighted by Crippen LogP contribution is 2.25. The fourth-order valence-corrected chi connectivity index (χ4v) is 3.25. The molecule has 1 atom stereocenters. The normalized spacial score (nSPS) is 16.3. The van der Waals surface area contributed by atoms with Gasteiger partial charge < -0.3 is 14.1 Å². The van der Waals surface area contributed by atoms with Gasteiger partial charge in [0.2, 0.25) is 0 Å². The third-order valence-electron chi connectivity index (χ3n) is 4.48. The van der Waals surface area contributed by atoms with Crippen LogP contribution in [0.5, 0.6) is 0 Å². The zero-order valence-electron chi connectivity index (χ0n) is 15.6. The lowest BCUT2D eigenvalue weighted by atomic mass is 10.2. The van der Waals surface area contributed by atoms with Crippen molar-refractivity contribution in [3.05, 3.63) is 47.6 Å². The Morgan fingerprint density at radius 3 is 2.78 bits per heavy atom. The van der Waals surface area contributed by atoms with Gasteiger partial charge >= 0.3 is 0 Å². The summed E-state index contributed by atoms with van der Waals surface area (Å²) in [7, 11) is 0. The molecule has 1 aliphatic rings. The maximum atomic E-state index is 5.84. The van der Waals surface area contributed by atoms with Crippen molar-refractivity contribution in [2.75, 3.05) is 24.6 Å². The van der Waals surface area contributed by atoms with Crippen LogP contribution in [0.15, 0.2) is 34.7 Å². The van der Waals surface area contributed by atoms with Gasteiger partial charge in [-0.15, -0.1) is 0 Å². The monoisotopic (exact) mass is 362 g/mol. The lowest BCUT2D eigenvalue weighted by Crippen LogP contribution is -2.33. The number of fused-ring (bicyclic) bond motifs is 1. The van der Waals surface area contributed by atoms with E-state index in [9.17, 15) is 0 Å². The number of rotatable bonds is 4. The highest BCUT2D eigenvalue weighted by Gasteiger charge is 2.23. The van der Waals surface area contributed by atoms with Crippen LogP contribution in [0.1, 0.15) is 30.1 Å². The van der Waals surface area contributed by atoms with Crippen LogP contribution in [0.4, 0.5) is 5.82 Å². The topological polar surface area (TPSA) is 64.3 Å². The van der Waals surface area contributed by atoms with Gasteiger partial charge in [0.05, 0.1) is 12.6 Å². The molecule has 27 heavy (non-hydrogen) atoms. The summed E-state index contributed by atoms with van der Waals surface area (Å²) in [6, 6.07) is 9.98. The molecule has 0 radical (unpaired) electrons. The van der Waals surface area contributed by atoms with Gasteiger partial charge in [-0.25, -0.2) is 9.97 Å². The average molecular weight is 362 g/mol. The average Bonchev–Trinajstić information content (AvgIpc) is 3.29. The summed E-state index contributed by atoms with van der Waals surface area (Å²) in [4.78, 5) is 15.6. The maximum absolute atomic E-state index is 5.84. The zero-order chi connectivity index (χ0) is 18.6. The molecule has 6 heteroatoms. The number of hydrogen-bond acceptors (Lipinski definition) is 6. The molecule has 0 amide bonds. The van der Waals surface area contributed by atoms with Gasteiger partial charge in [-0.2, -0.15) is 4.98 Å². The van der Waals surface area contributed by atoms with Crippen LogP contribution < -0.4 is 4.90 Å². The molecule has 4 rings (SSSR count). The second kappa shape index (κ2) is 7.77. The van der Waals surface area contributed by atoms with Gasteiger partial charge in [-0.1, -0.05) is 30.0 Å². The predicted octanol–water partition coefficient (Wildman–Crippen LogP) is 3.27. The molecule has 3 heterocycles. The fraction of sp³-hybridized carbons (Fsp3) is 0.381. The number of oxazole rings is 1. The minimum Gasteiger partial charge on any atom is -0.422 e. The molecule has 138 valence electrons. The van der Waals surface area contributed by atoms with Crippen molar-refractivity contribution in [1.29, 1.82) is 0 Å². The Kier molecular flexibility index (Phi) is 5.03. The summed E-state index contributed by atoms with van der Waals surface area (Å²) in [5.41, 5.74) is 2.19. The first-order valence-corrected chi connectivity index (χ1v) is 9.21. The number of hydrogen-bond donors (Lipinski definition) is 0. The van der Waals surface area contributed by atoms with E-state index in [1.165, 1.54) is 0 Å². The van der Waals surface area contributed by atoms with E-state index in [1.54, 1.807) is 0 Å². The fourth-order valence-electron chi connectivity index (χ4n) is 3.25. The molecule has 3 aromatic rings. The van der Waals surface area contributed by atoms with Crippen LogP contribution >= 0.6 is 0 Å². The van der Waals surface area contributed by atoms with Gasteiger partial charge in [-0.3, -0.25) is 0 Å². The quantitative estimate of drug-likeness (QED) is 0.664. The minimum absolute atomic E-state index is 0.182. The largest absolute Gasteiger partial charge is 0.422 e. The molecule has 0 saturated carbocycles. The molecule has 0 N–H and O–H groups in total. The molecule has 0 spiro atoms. The Labute approximate surface area is 158 Å². The molecule has 1 aromatic carbocycles. The van der Waals surface area contributed by atoms with Crippen LogP contribution in [-0.4, -0.2) is 40.8 Å². The van der Waals surface area contributed by atoms with Gasteiger partial charge in [0.1, 0.15) is 5.82 Å². The molecular weight excluding hydrogens is 340 g/mol. The molecule has 6 nitrogen and oxygen atoms in total. The van der Waals surface area contributed by atoms with Crippen LogP contribution in [0, 0.1) is 25.7 Å². The summed E-state index contributed by atoms with van der Waals surface area (Å²) >= 11 is 0. The van der Waals surface area contributed by atoms with Crippen molar-refractivity contribution in [3.63, 3.8) is 0 Å². The van der Waals surface area contributed by atoms with E-state index in [0.29, 0.717) is 29.5 Å². The van der Waals surface area contributed by atoms with E-state index in [-0.39, 0.29) is 6.10 Å². The molecule has 0 aliphatic carbocycles. The van der Waals surface area contributed by atoms with Crippen molar-refractivity contribution in [1.82, 2.24) is 15.0 Å². The maximum Gasteiger partial charge on any atom is 0.252 e. The first-order valence-electron chi connectivity index (χ1n) is 9.21. The van der Waals surface area contributed by atoms with Gasteiger partial charge in [0.15, 0.2) is 17.2 Å². The summed E-state index contributed by atoms with van der Waals surface area (Å²) in [5.74, 6) is 8.48. The minimum atomic E-state index is 0.182. The second-order valence-corrected chi connectivity index (χ2v) is 6.66. The number of nitrogens with zero attached hydrogens (tertiary/aromatic N) is 4. The molecular formula is C21H22N4O2. The van der Waals surface area contributed by atoms with Gasteiger partial charge in [0.25, 0.3) is 5.71 Å². The first kappa shape index (κ1) is 17.5. The van der Waals surface area contributed by atoms with Crippen LogP contribution in [0.2, 0.25) is 0 Å². The van der Waals surface area contributed by atoms with Crippen molar-refractivity contribution in [2.24, 2.45) is 0 Å². The molecule has 2 aromatic heterocycles. The van der Waals surface area contributed by atoms with E-state index in [1.807, 2.05) is 44.2 Å². The highest BCUT2D eigenvalue weighted by molar-refractivity contribution is 5.82. The molecule has 0 bridgehead atoms. The standard InChI is InChI=1S/C21H22N4O2/c1-15-22-20(19-21(23-15)27-16(2)24-19)25(14-18-11-7-13-26-18)12-6-10-17-8-4-3-5-9-17/h3-5,8-9,18H,7,11-14H2,1-2H3. The van der Waals surface area contributed by atoms with Crippen LogP contribution in [-0.2, 0) is 4.74 Å². The summed E-state index contributed by atoms with van der Waals surface area (Å²) in [5, 5.41) is 0. The number of ether oxygens (including phenoxy) is 1. The molecule has 1 aliphatic heterocycles. The Hall–Kier alpha value is -2.91. The molecule has 1 fully saturated rings. The SMILES string of the molecule is Cc1nc(N(CC#Cc2ccccc2)CC2CCCO2)c2nc(C)oc2n1. The highest BCUT2D eigenvalue weighted by atomic mass is 16.5. The van der Waals surface area contributed by atoms with Crippen molar-refractivity contribution in [2.45, 2.75) is 32.8 Å². The lowest BCUT2D eigenvalue weighted by Gasteiger charge is -2.24. The Morgan fingerprint density at radius 2 is 2.00 bits per heavy atom. The van der Waals surface area contributed by atoms with E-state index in [4.69, 9.17) is 9.15 Å². The number of aryl methyl sites for hydroxylation is 2. The van der Waals surface area contributed by atoms with E-state index < -0.39 is 0 Å². The van der Waals surface area contributed by atoms with Crippen molar-refractivity contribution < 1.29 is 9.15 Å². The van der Waals surface area contributed by atoms with E-state index in [0.717, 1.165) is 37.4 Å². The van der Waals surface area contributed by atoms with Crippen LogP contribution in [0.3, 0.4) is 0 Å². The Bertz CT molecular complexity index is 982. The first-order chi connectivity index (χ1) is 13.2. The lowest BCUT2D eigenvalue weighted by molar-refractivity contribution is 0.116. The third kappa shape index (κ3) is 4.09. The number of anilines is 1. The Morgan fingerprint density at radius 1 is 1.15 bits per heavy atom. The second-order valence-electron chi connectivity index (χ2n) is 6.66.